The number of ether oxygens (including phenoxy) is 1. The molecule has 4 rings (SSSR count). The van der Waals surface area contributed by atoms with E-state index in [0.29, 0.717) is 24.5 Å². The molecule has 4 nitrogen and oxygen atoms in total. The molecule has 3 heterocycles. The molecule has 124 valence electrons. The second-order valence-corrected chi connectivity index (χ2v) is 7.47. The van der Waals surface area contributed by atoms with Crippen LogP contribution < -0.4 is 0 Å². The van der Waals surface area contributed by atoms with Crippen LogP contribution in [0.25, 0.3) is 10.1 Å². The molecular formula is C19H19NO3S. The van der Waals surface area contributed by atoms with Crippen molar-refractivity contribution in [1.29, 1.82) is 0 Å². The molecule has 0 spiro atoms. The third kappa shape index (κ3) is 3.42. The molecule has 0 amide bonds. The summed E-state index contributed by atoms with van der Waals surface area (Å²) in [6, 6.07) is 12.3. The quantitative estimate of drug-likeness (QED) is 0.620. The standard InChI is InChI=1S/C19H19NO3S/c21-18(6-5-13-7-8-22-12-13)17-11-15(23-20-17)10-16-9-14-3-1-2-4-19(14)24-16/h1-4,9,11,13H,5-8,10,12H2. The van der Waals surface area contributed by atoms with E-state index in [1.807, 2.05) is 12.1 Å². The van der Waals surface area contributed by atoms with Gasteiger partial charge in [0.05, 0.1) is 0 Å². The molecule has 24 heavy (non-hydrogen) atoms. The molecule has 1 aromatic carbocycles. The lowest BCUT2D eigenvalue weighted by Gasteiger charge is -2.04. The Bertz CT molecular complexity index is 812. The fourth-order valence-corrected chi connectivity index (χ4v) is 4.17. The van der Waals surface area contributed by atoms with E-state index in [9.17, 15) is 4.79 Å². The minimum Gasteiger partial charge on any atom is -0.381 e. The monoisotopic (exact) mass is 341 g/mol. The third-order valence-electron chi connectivity index (χ3n) is 4.47. The summed E-state index contributed by atoms with van der Waals surface area (Å²) in [6.45, 7) is 1.60. The number of benzene rings is 1. The highest BCUT2D eigenvalue weighted by molar-refractivity contribution is 7.19. The summed E-state index contributed by atoms with van der Waals surface area (Å²) in [7, 11) is 0. The summed E-state index contributed by atoms with van der Waals surface area (Å²) in [4.78, 5) is 13.5. The molecular weight excluding hydrogens is 322 g/mol. The van der Waals surface area contributed by atoms with Crippen LogP contribution in [0.5, 0.6) is 0 Å². The minimum absolute atomic E-state index is 0.0632. The predicted molar refractivity (Wildman–Crippen MR) is 93.6 cm³/mol. The topological polar surface area (TPSA) is 52.3 Å². The summed E-state index contributed by atoms with van der Waals surface area (Å²) in [5.41, 5.74) is 0.449. The van der Waals surface area contributed by atoms with Crippen LogP contribution in [0.1, 0.15) is 40.4 Å². The average Bonchev–Trinajstić information content (AvgIpc) is 3.33. The molecule has 5 heteroatoms. The highest BCUT2D eigenvalue weighted by Crippen LogP contribution is 2.27. The zero-order valence-corrected chi connectivity index (χ0v) is 14.2. The van der Waals surface area contributed by atoms with Gasteiger partial charge in [-0.15, -0.1) is 11.3 Å². The second-order valence-electron chi connectivity index (χ2n) is 6.30. The number of fused-ring (bicyclic) bond motifs is 1. The van der Waals surface area contributed by atoms with Crippen molar-refractivity contribution in [2.45, 2.75) is 25.7 Å². The normalized spacial score (nSPS) is 17.6. The molecule has 1 atom stereocenters. The van der Waals surface area contributed by atoms with Gasteiger partial charge >= 0.3 is 0 Å². The first kappa shape index (κ1) is 15.5. The highest BCUT2D eigenvalue weighted by Gasteiger charge is 2.19. The van der Waals surface area contributed by atoms with Crippen molar-refractivity contribution in [3.8, 4) is 0 Å². The summed E-state index contributed by atoms with van der Waals surface area (Å²) < 4.78 is 12.0. The molecule has 0 aliphatic carbocycles. The van der Waals surface area contributed by atoms with Crippen molar-refractivity contribution in [1.82, 2.24) is 5.16 Å². The molecule has 1 aliphatic rings. The van der Waals surface area contributed by atoms with Gasteiger partial charge in [-0.3, -0.25) is 4.79 Å². The zero-order valence-electron chi connectivity index (χ0n) is 13.4. The average molecular weight is 341 g/mol. The Morgan fingerprint density at radius 3 is 3.04 bits per heavy atom. The number of nitrogens with zero attached hydrogens (tertiary/aromatic N) is 1. The van der Waals surface area contributed by atoms with Crippen LogP contribution in [0.3, 0.4) is 0 Å². The number of aromatic nitrogens is 1. The number of carbonyl (C=O) groups is 1. The van der Waals surface area contributed by atoms with Crippen molar-refractivity contribution >= 4 is 27.2 Å². The molecule has 0 saturated carbocycles. The number of rotatable bonds is 6. The maximum absolute atomic E-state index is 12.2. The second kappa shape index (κ2) is 6.87. The van der Waals surface area contributed by atoms with Gasteiger partial charge in [-0.2, -0.15) is 0 Å². The lowest BCUT2D eigenvalue weighted by atomic mass is 10.00. The van der Waals surface area contributed by atoms with Gasteiger partial charge in [-0.05, 0) is 36.3 Å². The molecule has 1 saturated heterocycles. The van der Waals surface area contributed by atoms with E-state index in [1.165, 1.54) is 15.0 Å². The van der Waals surface area contributed by atoms with Crippen LogP contribution in [0.15, 0.2) is 40.9 Å². The van der Waals surface area contributed by atoms with Gasteiger partial charge in [0, 0.05) is 41.7 Å². The maximum atomic E-state index is 12.2. The molecule has 3 aromatic rings. The Hall–Kier alpha value is -1.98. The van der Waals surface area contributed by atoms with Crippen LogP contribution >= 0.6 is 11.3 Å². The van der Waals surface area contributed by atoms with Crippen LogP contribution in [0.2, 0.25) is 0 Å². The first-order valence-electron chi connectivity index (χ1n) is 8.32. The van der Waals surface area contributed by atoms with Gasteiger partial charge in [0.2, 0.25) is 0 Å². The lowest BCUT2D eigenvalue weighted by molar-refractivity contribution is 0.0962. The number of carbonyl (C=O) groups excluding carboxylic acids is 1. The SMILES string of the molecule is O=C(CCC1CCOC1)c1cc(Cc2cc3ccccc3s2)on1. The zero-order chi connectivity index (χ0) is 16.4. The van der Waals surface area contributed by atoms with Gasteiger partial charge < -0.3 is 9.26 Å². The van der Waals surface area contributed by atoms with E-state index in [2.05, 4.69) is 23.4 Å². The fourth-order valence-electron chi connectivity index (χ4n) is 3.10. The van der Waals surface area contributed by atoms with Crippen molar-refractivity contribution in [3.63, 3.8) is 0 Å². The Morgan fingerprint density at radius 1 is 1.29 bits per heavy atom. The van der Waals surface area contributed by atoms with Crippen LogP contribution in [-0.4, -0.2) is 24.2 Å². The summed E-state index contributed by atoms with van der Waals surface area (Å²) >= 11 is 1.75. The van der Waals surface area contributed by atoms with Crippen LogP contribution in [-0.2, 0) is 11.2 Å². The summed E-state index contributed by atoms with van der Waals surface area (Å²) in [5, 5.41) is 5.20. The number of ketones is 1. The van der Waals surface area contributed by atoms with E-state index in [1.54, 1.807) is 17.4 Å². The van der Waals surface area contributed by atoms with E-state index >= 15 is 0 Å². The first-order chi connectivity index (χ1) is 11.8. The van der Waals surface area contributed by atoms with E-state index in [0.717, 1.165) is 31.8 Å². The minimum atomic E-state index is 0.0632. The van der Waals surface area contributed by atoms with Crippen molar-refractivity contribution in [2.75, 3.05) is 13.2 Å². The van der Waals surface area contributed by atoms with Crippen LogP contribution in [0, 0.1) is 5.92 Å². The molecule has 0 N–H and O–H groups in total. The fraction of sp³-hybridized carbons (Fsp3) is 0.368. The van der Waals surface area contributed by atoms with Gasteiger partial charge in [0.15, 0.2) is 5.78 Å². The third-order valence-corrected chi connectivity index (χ3v) is 5.59. The molecule has 1 unspecified atom stereocenters. The summed E-state index contributed by atoms with van der Waals surface area (Å²) in [5.74, 6) is 1.32. The van der Waals surface area contributed by atoms with Gasteiger partial charge in [0.1, 0.15) is 11.5 Å². The van der Waals surface area contributed by atoms with Crippen molar-refractivity contribution < 1.29 is 14.1 Å². The largest absolute Gasteiger partial charge is 0.381 e. The van der Waals surface area contributed by atoms with Gasteiger partial charge in [0.25, 0.3) is 0 Å². The Kier molecular flexibility index (Phi) is 4.45. The smallest absolute Gasteiger partial charge is 0.184 e. The van der Waals surface area contributed by atoms with Crippen molar-refractivity contribution in [2.24, 2.45) is 5.92 Å². The molecule has 0 bridgehead atoms. The van der Waals surface area contributed by atoms with Crippen LogP contribution in [0.4, 0.5) is 0 Å². The highest BCUT2D eigenvalue weighted by atomic mass is 32.1. The van der Waals surface area contributed by atoms with E-state index in [-0.39, 0.29) is 5.78 Å². The van der Waals surface area contributed by atoms with E-state index < -0.39 is 0 Å². The van der Waals surface area contributed by atoms with Crippen molar-refractivity contribution in [3.05, 3.63) is 52.7 Å². The summed E-state index contributed by atoms with van der Waals surface area (Å²) in [6.07, 6.45) is 3.12. The Morgan fingerprint density at radius 2 is 2.21 bits per heavy atom. The predicted octanol–water partition coefficient (Wildman–Crippen LogP) is 4.48. The number of Topliss-reactive ketones (excluding diaryl/α,β-unsaturated/α-hetero) is 1. The maximum Gasteiger partial charge on any atom is 0.184 e. The molecule has 0 radical (unpaired) electrons. The van der Waals surface area contributed by atoms with E-state index in [4.69, 9.17) is 9.26 Å². The first-order valence-corrected chi connectivity index (χ1v) is 9.13. The molecule has 2 aromatic heterocycles. The number of thiophene rings is 1. The molecule has 1 fully saturated rings. The molecule has 1 aliphatic heterocycles. The lowest BCUT2D eigenvalue weighted by Crippen LogP contribution is -2.05. The Balaban J connectivity index is 1.39. The van der Waals surface area contributed by atoms with Gasteiger partial charge in [-0.25, -0.2) is 0 Å². The van der Waals surface area contributed by atoms with Gasteiger partial charge in [-0.1, -0.05) is 23.4 Å². The Labute approximate surface area is 144 Å². The number of hydrogen-bond donors (Lipinski definition) is 0. The number of hydrogen-bond acceptors (Lipinski definition) is 5.